The van der Waals surface area contributed by atoms with Crippen molar-refractivity contribution in [3.05, 3.63) is 22.9 Å². The number of aromatic nitrogens is 1. The van der Waals surface area contributed by atoms with Gasteiger partial charge < -0.3 is 9.80 Å². The highest BCUT2D eigenvalue weighted by atomic mass is 32.2. The average Bonchev–Trinajstić information content (AvgIpc) is 2.61. The van der Waals surface area contributed by atoms with Gasteiger partial charge in [-0.25, -0.2) is 4.98 Å². The Hall–Kier alpha value is -1.74. The minimum atomic E-state index is 0.126. The van der Waals surface area contributed by atoms with Crippen molar-refractivity contribution in [2.75, 3.05) is 42.6 Å². The van der Waals surface area contributed by atoms with Gasteiger partial charge in [-0.2, -0.15) is 17.0 Å². The summed E-state index contributed by atoms with van der Waals surface area (Å²) < 4.78 is 0. The Kier molecular flexibility index (Phi) is 5.30. The third-order valence-electron chi connectivity index (χ3n) is 4.90. The number of nitriles is 1. The van der Waals surface area contributed by atoms with Crippen molar-refractivity contribution in [3.8, 4) is 6.07 Å². The fraction of sp³-hybridized carbons (Fsp3) is 0.611. The van der Waals surface area contributed by atoms with Crippen LogP contribution in [0.1, 0.15) is 29.7 Å². The number of thioether (sulfide) groups is 1. The van der Waals surface area contributed by atoms with Crippen molar-refractivity contribution in [1.29, 1.82) is 5.26 Å². The van der Waals surface area contributed by atoms with Crippen LogP contribution in [0.25, 0.3) is 0 Å². The number of hydrogen-bond donors (Lipinski definition) is 0. The maximum Gasteiger partial charge on any atom is 0.225 e. The van der Waals surface area contributed by atoms with Gasteiger partial charge in [0.15, 0.2) is 0 Å². The molecule has 0 unspecified atom stereocenters. The minimum absolute atomic E-state index is 0.126. The number of pyridine rings is 1. The van der Waals surface area contributed by atoms with Gasteiger partial charge in [0.2, 0.25) is 5.91 Å². The Balaban J connectivity index is 1.67. The molecule has 1 aromatic rings. The molecule has 3 heterocycles. The predicted octanol–water partition coefficient (Wildman–Crippen LogP) is 2.36. The van der Waals surface area contributed by atoms with Gasteiger partial charge in [-0.3, -0.25) is 4.79 Å². The van der Waals surface area contributed by atoms with Crippen molar-refractivity contribution in [3.63, 3.8) is 0 Å². The molecule has 2 fully saturated rings. The van der Waals surface area contributed by atoms with Crippen molar-refractivity contribution in [2.24, 2.45) is 5.92 Å². The van der Waals surface area contributed by atoms with Gasteiger partial charge in [0.1, 0.15) is 11.9 Å². The zero-order valence-electron chi connectivity index (χ0n) is 14.4. The van der Waals surface area contributed by atoms with Crippen LogP contribution in [0.4, 0.5) is 5.82 Å². The van der Waals surface area contributed by atoms with E-state index in [1.807, 2.05) is 36.6 Å². The molecular formula is C18H24N4OS. The Bertz CT molecular complexity index is 656. The van der Waals surface area contributed by atoms with E-state index in [9.17, 15) is 10.1 Å². The molecule has 3 rings (SSSR count). The van der Waals surface area contributed by atoms with Crippen molar-refractivity contribution >= 4 is 23.5 Å². The van der Waals surface area contributed by atoms with Crippen LogP contribution in [0, 0.1) is 31.1 Å². The number of piperidine rings is 1. The molecule has 128 valence electrons. The van der Waals surface area contributed by atoms with Crippen molar-refractivity contribution in [1.82, 2.24) is 9.88 Å². The molecule has 0 spiro atoms. The second-order valence-corrected chi connectivity index (χ2v) is 7.81. The first-order valence-corrected chi connectivity index (χ1v) is 9.75. The lowest BCUT2D eigenvalue weighted by atomic mass is 9.94. The molecule has 0 bridgehead atoms. The average molecular weight is 344 g/mol. The SMILES string of the molecule is Cc1cc(C)c(C#N)c(N2CCC(C(=O)N3CCSCC3)CC2)n1. The van der Waals surface area contributed by atoms with E-state index in [1.54, 1.807) is 0 Å². The van der Waals surface area contributed by atoms with E-state index < -0.39 is 0 Å². The molecule has 6 heteroatoms. The normalized spacial score (nSPS) is 19.2. The van der Waals surface area contributed by atoms with E-state index in [0.29, 0.717) is 11.5 Å². The van der Waals surface area contributed by atoms with Gasteiger partial charge in [0, 0.05) is 49.3 Å². The van der Waals surface area contributed by atoms with Gasteiger partial charge in [-0.05, 0) is 38.3 Å². The van der Waals surface area contributed by atoms with E-state index in [0.717, 1.165) is 67.6 Å². The Morgan fingerprint density at radius 2 is 1.92 bits per heavy atom. The highest BCUT2D eigenvalue weighted by Gasteiger charge is 2.30. The number of nitrogens with zero attached hydrogens (tertiary/aromatic N) is 4. The molecule has 0 aliphatic carbocycles. The summed E-state index contributed by atoms with van der Waals surface area (Å²) >= 11 is 1.93. The first-order chi connectivity index (χ1) is 11.6. The molecular weight excluding hydrogens is 320 g/mol. The van der Waals surface area contributed by atoms with E-state index in [1.165, 1.54) is 0 Å². The van der Waals surface area contributed by atoms with Crippen molar-refractivity contribution < 1.29 is 4.79 Å². The summed E-state index contributed by atoms with van der Waals surface area (Å²) in [5.41, 5.74) is 2.58. The maximum absolute atomic E-state index is 12.7. The van der Waals surface area contributed by atoms with Crippen LogP contribution < -0.4 is 4.90 Å². The number of hydrogen-bond acceptors (Lipinski definition) is 5. The number of carbonyl (C=O) groups is 1. The van der Waals surface area contributed by atoms with Crippen LogP contribution in [0.3, 0.4) is 0 Å². The van der Waals surface area contributed by atoms with E-state index in [-0.39, 0.29) is 5.92 Å². The molecule has 1 aromatic heterocycles. The fourth-order valence-electron chi connectivity index (χ4n) is 3.56. The maximum atomic E-state index is 12.7. The Labute approximate surface area is 148 Å². The summed E-state index contributed by atoms with van der Waals surface area (Å²) in [5.74, 6) is 3.35. The molecule has 5 nitrogen and oxygen atoms in total. The van der Waals surface area contributed by atoms with Crippen LogP contribution in [-0.2, 0) is 4.79 Å². The van der Waals surface area contributed by atoms with E-state index in [2.05, 4.69) is 16.0 Å². The molecule has 0 N–H and O–H groups in total. The molecule has 0 saturated carbocycles. The zero-order valence-corrected chi connectivity index (χ0v) is 15.2. The summed E-state index contributed by atoms with van der Waals surface area (Å²) in [4.78, 5) is 21.5. The second kappa shape index (κ2) is 7.43. The highest BCUT2D eigenvalue weighted by Crippen LogP contribution is 2.28. The third kappa shape index (κ3) is 3.51. The molecule has 1 amide bonds. The predicted molar refractivity (Wildman–Crippen MR) is 97.3 cm³/mol. The van der Waals surface area contributed by atoms with E-state index in [4.69, 9.17) is 0 Å². The Morgan fingerprint density at radius 3 is 2.54 bits per heavy atom. The molecule has 2 saturated heterocycles. The number of rotatable bonds is 2. The van der Waals surface area contributed by atoms with Gasteiger partial charge in [0.25, 0.3) is 0 Å². The summed E-state index contributed by atoms with van der Waals surface area (Å²) in [5, 5.41) is 9.45. The van der Waals surface area contributed by atoms with Crippen LogP contribution in [0.2, 0.25) is 0 Å². The lowest BCUT2D eigenvalue weighted by Gasteiger charge is -2.36. The van der Waals surface area contributed by atoms with Crippen LogP contribution in [0.5, 0.6) is 0 Å². The van der Waals surface area contributed by atoms with Gasteiger partial charge in [0.05, 0.1) is 5.56 Å². The van der Waals surface area contributed by atoms with Gasteiger partial charge in [-0.15, -0.1) is 0 Å². The van der Waals surface area contributed by atoms with E-state index >= 15 is 0 Å². The van der Waals surface area contributed by atoms with Gasteiger partial charge >= 0.3 is 0 Å². The molecule has 2 aliphatic heterocycles. The van der Waals surface area contributed by atoms with Gasteiger partial charge in [-0.1, -0.05) is 0 Å². The van der Waals surface area contributed by atoms with Crippen molar-refractivity contribution in [2.45, 2.75) is 26.7 Å². The summed E-state index contributed by atoms with van der Waals surface area (Å²) in [7, 11) is 0. The molecule has 24 heavy (non-hydrogen) atoms. The number of aryl methyl sites for hydroxylation is 2. The largest absolute Gasteiger partial charge is 0.355 e. The summed E-state index contributed by atoms with van der Waals surface area (Å²) in [6.07, 6.45) is 1.70. The highest BCUT2D eigenvalue weighted by molar-refractivity contribution is 7.99. The fourth-order valence-corrected chi connectivity index (χ4v) is 4.47. The van der Waals surface area contributed by atoms with Crippen LogP contribution in [-0.4, -0.2) is 53.5 Å². The summed E-state index contributed by atoms with van der Waals surface area (Å²) in [6.45, 7) is 7.29. The first kappa shape index (κ1) is 17.1. The van der Waals surface area contributed by atoms with Crippen LogP contribution >= 0.6 is 11.8 Å². The first-order valence-electron chi connectivity index (χ1n) is 8.60. The minimum Gasteiger partial charge on any atom is -0.355 e. The lowest BCUT2D eigenvalue weighted by molar-refractivity contribution is -0.135. The number of anilines is 1. The second-order valence-electron chi connectivity index (χ2n) is 6.59. The third-order valence-corrected chi connectivity index (χ3v) is 5.85. The monoisotopic (exact) mass is 344 g/mol. The smallest absolute Gasteiger partial charge is 0.225 e. The molecule has 0 radical (unpaired) electrons. The number of amides is 1. The topological polar surface area (TPSA) is 60.2 Å². The molecule has 0 aromatic carbocycles. The Morgan fingerprint density at radius 1 is 1.25 bits per heavy atom. The van der Waals surface area contributed by atoms with Crippen LogP contribution in [0.15, 0.2) is 6.07 Å². The standard InChI is InChI=1S/C18H24N4OS/c1-13-11-14(2)20-17(16(13)12-19)21-5-3-15(4-6-21)18(23)22-7-9-24-10-8-22/h11,15H,3-10H2,1-2H3. The quantitative estimate of drug-likeness (QED) is 0.824. The number of carbonyl (C=O) groups excluding carboxylic acids is 1. The lowest BCUT2D eigenvalue weighted by Crippen LogP contribution is -2.45. The summed E-state index contributed by atoms with van der Waals surface area (Å²) in [6, 6.07) is 4.24. The zero-order chi connectivity index (χ0) is 17.1. The molecule has 0 atom stereocenters. The molecule has 2 aliphatic rings.